The minimum atomic E-state index is 0.586. The zero-order valence-electron chi connectivity index (χ0n) is 13.7. The van der Waals surface area contributed by atoms with E-state index in [1.54, 1.807) is 6.33 Å². The van der Waals surface area contributed by atoms with Gasteiger partial charge in [-0.05, 0) is 25.7 Å². The summed E-state index contributed by atoms with van der Waals surface area (Å²) in [6.45, 7) is 0. The molecule has 2 aliphatic rings. The topological polar surface area (TPSA) is 49.8 Å². The van der Waals surface area contributed by atoms with Gasteiger partial charge >= 0.3 is 0 Å². The molecule has 0 unspecified atom stereocenters. The van der Waals surface area contributed by atoms with Crippen LogP contribution < -0.4 is 10.6 Å². The molecule has 22 heavy (non-hydrogen) atoms. The maximum Gasteiger partial charge on any atom is 0.131 e. The molecule has 0 aromatic carbocycles. The summed E-state index contributed by atoms with van der Waals surface area (Å²) in [4.78, 5) is 8.83. The zero-order chi connectivity index (χ0) is 15.0. The molecule has 1 heterocycles. The maximum absolute atomic E-state index is 4.41. The second-order valence-corrected chi connectivity index (χ2v) is 6.95. The van der Waals surface area contributed by atoms with Crippen LogP contribution in [0.5, 0.6) is 0 Å². The maximum atomic E-state index is 4.41. The molecule has 0 atom stereocenters. The van der Waals surface area contributed by atoms with Crippen LogP contribution in [0.2, 0.25) is 0 Å². The average molecular weight is 302 g/mol. The van der Waals surface area contributed by atoms with Gasteiger partial charge in [0, 0.05) is 18.2 Å². The molecule has 0 amide bonds. The second kappa shape index (κ2) is 8.35. The van der Waals surface area contributed by atoms with E-state index >= 15 is 0 Å². The van der Waals surface area contributed by atoms with E-state index in [0.717, 1.165) is 11.6 Å². The molecule has 2 aliphatic carbocycles. The molecule has 0 saturated heterocycles. The molecule has 0 spiro atoms. The van der Waals surface area contributed by atoms with Gasteiger partial charge in [-0.1, -0.05) is 51.4 Å². The van der Waals surface area contributed by atoms with Crippen molar-refractivity contribution < 1.29 is 0 Å². The van der Waals surface area contributed by atoms with Crippen molar-refractivity contribution in [2.75, 3.05) is 10.6 Å². The summed E-state index contributed by atoms with van der Waals surface area (Å²) in [7, 11) is 0. The van der Waals surface area contributed by atoms with Gasteiger partial charge in [0.2, 0.25) is 0 Å². The fourth-order valence-corrected chi connectivity index (χ4v) is 3.78. The van der Waals surface area contributed by atoms with Crippen LogP contribution in [0.4, 0.5) is 11.6 Å². The summed E-state index contributed by atoms with van der Waals surface area (Å²) >= 11 is 0. The lowest BCUT2D eigenvalue weighted by atomic mass is 10.1. The van der Waals surface area contributed by atoms with Gasteiger partial charge in [0.05, 0.1) is 0 Å². The van der Waals surface area contributed by atoms with E-state index in [1.807, 2.05) is 0 Å². The molecule has 0 radical (unpaired) electrons. The molecular formula is C18H30N4. The first-order chi connectivity index (χ1) is 10.9. The van der Waals surface area contributed by atoms with Crippen molar-refractivity contribution in [2.24, 2.45) is 0 Å². The Balaban J connectivity index is 1.56. The van der Waals surface area contributed by atoms with Gasteiger partial charge < -0.3 is 10.6 Å². The Labute approximate surface area is 134 Å². The van der Waals surface area contributed by atoms with Gasteiger partial charge in [0.25, 0.3) is 0 Å². The van der Waals surface area contributed by atoms with E-state index in [4.69, 9.17) is 0 Å². The molecule has 1 aromatic heterocycles. The van der Waals surface area contributed by atoms with Crippen molar-refractivity contribution in [1.82, 2.24) is 9.97 Å². The Morgan fingerprint density at radius 1 is 0.636 bits per heavy atom. The SMILES string of the molecule is c1nc(NC2CCCCCC2)cc(NC2CCCCCC2)n1. The fraction of sp³-hybridized carbons (Fsp3) is 0.778. The van der Waals surface area contributed by atoms with Gasteiger partial charge in [0.1, 0.15) is 18.0 Å². The Bertz CT molecular complexity index is 395. The Morgan fingerprint density at radius 2 is 1.05 bits per heavy atom. The molecule has 2 fully saturated rings. The molecule has 4 nitrogen and oxygen atoms in total. The van der Waals surface area contributed by atoms with E-state index in [-0.39, 0.29) is 0 Å². The van der Waals surface area contributed by atoms with Crippen LogP contribution in [0.25, 0.3) is 0 Å². The van der Waals surface area contributed by atoms with E-state index in [1.165, 1.54) is 77.0 Å². The third kappa shape index (κ3) is 4.85. The third-order valence-electron chi connectivity index (χ3n) is 5.08. The van der Waals surface area contributed by atoms with Crippen LogP contribution in [-0.4, -0.2) is 22.1 Å². The van der Waals surface area contributed by atoms with E-state index < -0.39 is 0 Å². The lowest BCUT2D eigenvalue weighted by molar-refractivity contribution is 0.614. The Kier molecular flexibility index (Phi) is 5.91. The summed E-state index contributed by atoms with van der Waals surface area (Å²) in [6.07, 6.45) is 17.7. The molecule has 122 valence electrons. The van der Waals surface area contributed by atoms with Crippen molar-refractivity contribution in [2.45, 2.75) is 89.1 Å². The number of rotatable bonds is 4. The number of nitrogens with one attached hydrogen (secondary N) is 2. The minimum Gasteiger partial charge on any atom is -0.367 e. The van der Waals surface area contributed by atoms with E-state index in [2.05, 4.69) is 26.7 Å². The molecule has 2 N–H and O–H groups in total. The highest BCUT2D eigenvalue weighted by Crippen LogP contribution is 2.23. The highest BCUT2D eigenvalue weighted by atomic mass is 15.1. The normalized spacial score (nSPS) is 21.8. The van der Waals surface area contributed by atoms with Crippen molar-refractivity contribution >= 4 is 11.6 Å². The molecule has 4 heteroatoms. The van der Waals surface area contributed by atoms with Crippen molar-refractivity contribution in [3.8, 4) is 0 Å². The molecular weight excluding hydrogens is 272 g/mol. The van der Waals surface area contributed by atoms with E-state index in [0.29, 0.717) is 12.1 Å². The molecule has 0 aliphatic heterocycles. The largest absolute Gasteiger partial charge is 0.367 e. The lowest BCUT2D eigenvalue weighted by Crippen LogP contribution is -2.21. The summed E-state index contributed by atoms with van der Waals surface area (Å²) in [5.41, 5.74) is 0. The predicted octanol–water partition coefficient (Wildman–Crippen LogP) is 4.75. The van der Waals surface area contributed by atoms with Crippen LogP contribution >= 0.6 is 0 Å². The lowest BCUT2D eigenvalue weighted by Gasteiger charge is -2.19. The van der Waals surface area contributed by atoms with Crippen molar-refractivity contribution in [3.63, 3.8) is 0 Å². The molecule has 2 saturated carbocycles. The van der Waals surface area contributed by atoms with Crippen LogP contribution in [-0.2, 0) is 0 Å². The smallest absolute Gasteiger partial charge is 0.131 e. The summed E-state index contributed by atoms with van der Waals surface area (Å²) in [5.74, 6) is 1.97. The van der Waals surface area contributed by atoms with Gasteiger partial charge in [-0.15, -0.1) is 0 Å². The van der Waals surface area contributed by atoms with E-state index in [9.17, 15) is 0 Å². The Morgan fingerprint density at radius 3 is 1.45 bits per heavy atom. The van der Waals surface area contributed by atoms with Gasteiger partial charge in [-0.3, -0.25) is 0 Å². The highest BCUT2D eigenvalue weighted by Gasteiger charge is 2.15. The monoisotopic (exact) mass is 302 g/mol. The molecule has 3 rings (SSSR count). The zero-order valence-corrected chi connectivity index (χ0v) is 13.7. The number of anilines is 2. The first-order valence-electron chi connectivity index (χ1n) is 9.25. The number of aromatic nitrogens is 2. The number of nitrogens with zero attached hydrogens (tertiary/aromatic N) is 2. The quantitative estimate of drug-likeness (QED) is 0.788. The number of hydrogen-bond donors (Lipinski definition) is 2. The standard InChI is InChI=1S/C18H30N4/c1-2-6-10-15(9-5-1)21-17-13-18(20-14-19-17)22-16-11-7-3-4-8-12-16/h13-16H,1-12H2,(H2,19,20,21,22). The summed E-state index contributed by atoms with van der Waals surface area (Å²) in [6, 6.07) is 3.27. The Hall–Kier alpha value is -1.32. The van der Waals surface area contributed by atoms with Crippen LogP contribution in [0.1, 0.15) is 77.0 Å². The first-order valence-corrected chi connectivity index (χ1v) is 9.25. The average Bonchev–Trinajstić information content (AvgIpc) is 2.93. The number of hydrogen-bond acceptors (Lipinski definition) is 4. The van der Waals surface area contributed by atoms with Crippen molar-refractivity contribution in [3.05, 3.63) is 12.4 Å². The van der Waals surface area contributed by atoms with Gasteiger partial charge in [0.15, 0.2) is 0 Å². The van der Waals surface area contributed by atoms with Gasteiger partial charge in [-0.2, -0.15) is 0 Å². The predicted molar refractivity (Wildman–Crippen MR) is 92.3 cm³/mol. The third-order valence-corrected chi connectivity index (χ3v) is 5.08. The first kappa shape index (κ1) is 15.6. The molecule has 1 aromatic rings. The fourth-order valence-electron chi connectivity index (χ4n) is 3.78. The minimum absolute atomic E-state index is 0.586. The second-order valence-electron chi connectivity index (χ2n) is 6.95. The summed E-state index contributed by atoms with van der Waals surface area (Å²) in [5, 5.41) is 7.24. The van der Waals surface area contributed by atoms with Crippen LogP contribution in [0, 0.1) is 0 Å². The molecule has 0 bridgehead atoms. The highest BCUT2D eigenvalue weighted by molar-refractivity contribution is 5.47. The van der Waals surface area contributed by atoms with Crippen LogP contribution in [0.15, 0.2) is 12.4 Å². The van der Waals surface area contributed by atoms with Crippen molar-refractivity contribution in [1.29, 1.82) is 0 Å². The van der Waals surface area contributed by atoms with Crippen LogP contribution in [0.3, 0.4) is 0 Å². The summed E-state index contributed by atoms with van der Waals surface area (Å²) < 4.78 is 0. The van der Waals surface area contributed by atoms with Gasteiger partial charge in [-0.25, -0.2) is 9.97 Å².